The molecule has 0 saturated carbocycles. The van der Waals surface area contributed by atoms with Crippen molar-refractivity contribution >= 4 is 0 Å². The standard InChI is InChI=1S/C15H16O2/c1-9-7-10(2)14(15(17)11(9)3)12-5-4-6-13(16)8-12/h4-8,16-17H,1-3H3. The molecule has 0 atom stereocenters. The summed E-state index contributed by atoms with van der Waals surface area (Å²) in [5, 5.41) is 19.7. The highest BCUT2D eigenvalue weighted by molar-refractivity contribution is 5.76. The van der Waals surface area contributed by atoms with Gasteiger partial charge in [-0.25, -0.2) is 0 Å². The summed E-state index contributed by atoms with van der Waals surface area (Å²) in [5.74, 6) is 0.507. The van der Waals surface area contributed by atoms with Gasteiger partial charge in [-0.3, -0.25) is 0 Å². The maximum absolute atomic E-state index is 10.2. The molecule has 2 N–H and O–H groups in total. The summed E-state index contributed by atoms with van der Waals surface area (Å²) in [5.41, 5.74) is 4.60. The van der Waals surface area contributed by atoms with Crippen molar-refractivity contribution in [3.63, 3.8) is 0 Å². The minimum Gasteiger partial charge on any atom is -0.508 e. The predicted octanol–water partition coefficient (Wildman–Crippen LogP) is 3.69. The summed E-state index contributed by atoms with van der Waals surface area (Å²) in [6.07, 6.45) is 0. The van der Waals surface area contributed by atoms with Crippen molar-refractivity contribution in [3.8, 4) is 22.6 Å². The Morgan fingerprint density at radius 3 is 2.24 bits per heavy atom. The number of aryl methyl sites for hydroxylation is 2. The van der Waals surface area contributed by atoms with E-state index in [0.29, 0.717) is 5.75 Å². The Hall–Kier alpha value is -1.96. The predicted molar refractivity (Wildman–Crippen MR) is 69.4 cm³/mol. The molecule has 0 unspecified atom stereocenters. The summed E-state index contributed by atoms with van der Waals surface area (Å²) < 4.78 is 0. The maximum Gasteiger partial charge on any atom is 0.126 e. The van der Waals surface area contributed by atoms with Crippen LogP contribution in [-0.4, -0.2) is 10.2 Å². The van der Waals surface area contributed by atoms with Crippen molar-refractivity contribution in [3.05, 3.63) is 47.0 Å². The molecule has 0 radical (unpaired) electrons. The zero-order valence-electron chi connectivity index (χ0n) is 10.3. The third-order valence-corrected chi connectivity index (χ3v) is 3.15. The zero-order valence-corrected chi connectivity index (χ0v) is 10.3. The first-order valence-electron chi connectivity index (χ1n) is 5.60. The van der Waals surface area contributed by atoms with Gasteiger partial charge >= 0.3 is 0 Å². The van der Waals surface area contributed by atoms with Crippen LogP contribution in [-0.2, 0) is 0 Å². The Balaban J connectivity index is 2.72. The first kappa shape index (κ1) is 11.5. The first-order chi connectivity index (χ1) is 8.00. The zero-order chi connectivity index (χ0) is 12.6. The van der Waals surface area contributed by atoms with E-state index in [1.165, 1.54) is 0 Å². The van der Waals surface area contributed by atoms with Gasteiger partial charge < -0.3 is 10.2 Å². The van der Waals surface area contributed by atoms with E-state index in [9.17, 15) is 10.2 Å². The van der Waals surface area contributed by atoms with Gasteiger partial charge in [-0.1, -0.05) is 18.2 Å². The van der Waals surface area contributed by atoms with E-state index < -0.39 is 0 Å². The van der Waals surface area contributed by atoms with E-state index in [0.717, 1.165) is 27.8 Å². The fourth-order valence-electron chi connectivity index (χ4n) is 2.09. The van der Waals surface area contributed by atoms with Crippen LogP contribution < -0.4 is 0 Å². The fourth-order valence-corrected chi connectivity index (χ4v) is 2.09. The van der Waals surface area contributed by atoms with Crippen LogP contribution in [0, 0.1) is 20.8 Å². The lowest BCUT2D eigenvalue weighted by molar-refractivity contribution is 0.471. The molecule has 88 valence electrons. The molecular weight excluding hydrogens is 212 g/mol. The number of benzene rings is 2. The van der Waals surface area contributed by atoms with Gasteiger partial charge in [0, 0.05) is 5.56 Å². The molecule has 0 aliphatic carbocycles. The van der Waals surface area contributed by atoms with Crippen LogP contribution in [0.5, 0.6) is 11.5 Å². The first-order valence-corrected chi connectivity index (χ1v) is 5.60. The topological polar surface area (TPSA) is 40.5 Å². The molecule has 2 aromatic carbocycles. The Kier molecular flexibility index (Phi) is 2.80. The molecule has 0 spiro atoms. The van der Waals surface area contributed by atoms with Gasteiger partial charge in [-0.15, -0.1) is 0 Å². The quantitative estimate of drug-likeness (QED) is 0.781. The van der Waals surface area contributed by atoms with Gasteiger partial charge in [0.15, 0.2) is 0 Å². The summed E-state index contributed by atoms with van der Waals surface area (Å²) in [6, 6.07) is 9.00. The molecule has 0 aromatic heterocycles. The van der Waals surface area contributed by atoms with Gasteiger partial charge in [0.2, 0.25) is 0 Å². The third-order valence-electron chi connectivity index (χ3n) is 3.15. The lowest BCUT2D eigenvalue weighted by atomic mass is 9.94. The van der Waals surface area contributed by atoms with Crippen LogP contribution in [0.15, 0.2) is 30.3 Å². The lowest BCUT2D eigenvalue weighted by Gasteiger charge is -2.13. The summed E-state index contributed by atoms with van der Waals surface area (Å²) in [4.78, 5) is 0. The highest BCUT2D eigenvalue weighted by atomic mass is 16.3. The van der Waals surface area contributed by atoms with E-state index in [2.05, 4.69) is 6.07 Å². The fraction of sp³-hybridized carbons (Fsp3) is 0.200. The van der Waals surface area contributed by atoms with Crippen LogP contribution in [0.4, 0.5) is 0 Å². The SMILES string of the molecule is Cc1cc(C)c(-c2cccc(O)c2)c(O)c1C. The summed E-state index contributed by atoms with van der Waals surface area (Å²) in [6.45, 7) is 5.84. The van der Waals surface area contributed by atoms with Crippen molar-refractivity contribution in [2.75, 3.05) is 0 Å². The van der Waals surface area contributed by atoms with Crippen LogP contribution in [0.25, 0.3) is 11.1 Å². The van der Waals surface area contributed by atoms with Crippen LogP contribution >= 0.6 is 0 Å². The number of aromatic hydroxyl groups is 2. The molecule has 2 nitrogen and oxygen atoms in total. The molecule has 0 fully saturated rings. The van der Waals surface area contributed by atoms with E-state index in [1.807, 2.05) is 26.8 Å². The second-order valence-electron chi connectivity index (χ2n) is 4.41. The second-order valence-corrected chi connectivity index (χ2v) is 4.41. The average molecular weight is 228 g/mol. The molecule has 0 heterocycles. The van der Waals surface area contributed by atoms with Crippen LogP contribution in [0.1, 0.15) is 16.7 Å². The maximum atomic E-state index is 10.2. The Morgan fingerprint density at radius 2 is 1.59 bits per heavy atom. The highest BCUT2D eigenvalue weighted by Crippen LogP contribution is 2.37. The molecule has 17 heavy (non-hydrogen) atoms. The highest BCUT2D eigenvalue weighted by Gasteiger charge is 2.12. The Morgan fingerprint density at radius 1 is 0.882 bits per heavy atom. The van der Waals surface area contributed by atoms with Crippen molar-refractivity contribution in [1.82, 2.24) is 0 Å². The number of hydrogen-bond acceptors (Lipinski definition) is 2. The van der Waals surface area contributed by atoms with E-state index in [-0.39, 0.29) is 5.75 Å². The molecule has 2 rings (SSSR count). The lowest BCUT2D eigenvalue weighted by Crippen LogP contribution is -1.90. The van der Waals surface area contributed by atoms with Crippen molar-refractivity contribution in [2.24, 2.45) is 0 Å². The van der Waals surface area contributed by atoms with Gasteiger partial charge in [0.05, 0.1) is 0 Å². The summed E-state index contributed by atoms with van der Waals surface area (Å²) >= 11 is 0. The van der Waals surface area contributed by atoms with Gasteiger partial charge in [0.25, 0.3) is 0 Å². The molecule has 0 amide bonds. The Labute approximate surface area is 101 Å². The van der Waals surface area contributed by atoms with Crippen LogP contribution in [0.3, 0.4) is 0 Å². The molecule has 2 heteroatoms. The smallest absolute Gasteiger partial charge is 0.126 e. The van der Waals surface area contributed by atoms with E-state index in [4.69, 9.17) is 0 Å². The summed E-state index contributed by atoms with van der Waals surface area (Å²) in [7, 11) is 0. The Bertz CT molecular complexity index is 571. The minimum atomic E-state index is 0.208. The molecule has 0 bridgehead atoms. The molecule has 0 aliphatic heterocycles. The average Bonchev–Trinajstić information content (AvgIpc) is 2.26. The third kappa shape index (κ3) is 1.98. The van der Waals surface area contributed by atoms with Crippen molar-refractivity contribution < 1.29 is 10.2 Å². The van der Waals surface area contributed by atoms with Crippen molar-refractivity contribution in [2.45, 2.75) is 20.8 Å². The van der Waals surface area contributed by atoms with Crippen LogP contribution in [0.2, 0.25) is 0 Å². The number of hydrogen-bond donors (Lipinski definition) is 2. The molecule has 2 aromatic rings. The minimum absolute atomic E-state index is 0.208. The monoisotopic (exact) mass is 228 g/mol. The number of phenols is 2. The molecule has 0 saturated heterocycles. The number of phenolic OH excluding ortho intramolecular Hbond substituents is 2. The largest absolute Gasteiger partial charge is 0.508 e. The second kappa shape index (κ2) is 4.13. The molecular formula is C15H16O2. The number of rotatable bonds is 1. The van der Waals surface area contributed by atoms with Gasteiger partial charge in [-0.05, 0) is 55.2 Å². The van der Waals surface area contributed by atoms with Gasteiger partial charge in [0.1, 0.15) is 11.5 Å². The van der Waals surface area contributed by atoms with E-state index in [1.54, 1.807) is 18.2 Å². The van der Waals surface area contributed by atoms with Gasteiger partial charge in [-0.2, -0.15) is 0 Å². The molecule has 0 aliphatic rings. The van der Waals surface area contributed by atoms with Crippen molar-refractivity contribution in [1.29, 1.82) is 0 Å². The van der Waals surface area contributed by atoms with E-state index >= 15 is 0 Å². The normalized spacial score (nSPS) is 10.5.